The van der Waals surface area contributed by atoms with E-state index in [1.807, 2.05) is 31.3 Å². The smallest absolute Gasteiger partial charge is 0.231 e. The van der Waals surface area contributed by atoms with Crippen LogP contribution < -0.4 is 5.32 Å². The molecule has 90 valence electrons. The summed E-state index contributed by atoms with van der Waals surface area (Å²) in [5.74, 6) is 1.38. The van der Waals surface area contributed by atoms with Gasteiger partial charge in [-0.3, -0.25) is 0 Å². The van der Waals surface area contributed by atoms with Crippen LogP contribution in [0.1, 0.15) is 17.3 Å². The van der Waals surface area contributed by atoms with Crippen LogP contribution in [0, 0.1) is 0 Å². The number of hydrogen-bond acceptors (Lipinski definition) is 4. The quantitative estimate of drug-likeness (QED) is 0.884. The van der Waals surface area contributed by atoms with E-state index in [4.69, 9.17) is 16.1 Å². The third-order valence-electron chi connectivity index (χ3n) is 2.38. The lowest BCUT2D eigenvalue weighted by Crippen LogP contribution is -2.11. The second kappa shape index (κ2) is 5.80. The first kappa shape index (κ1) is 12.1. The minimum atomic E-state index is 0.637. The normalized spacial score (nSPS) is 10.7. The summed E-state index contributed by atoms with van der Waals surface area (Å²) < 4.78 is 5.17. The molecule has 2 aromatic rings. The zero-order chi connectivity index (χ0) is 12.1. The van der Waals surface area contributed by atoms with E-state index in [9.17, 15) is 0 Å². The maximum absolute atomic E-state index is 5.82. The standard InChI is InChI=1S/C12H14ClN3O/c1-14-7-6-11-15-12(17-16-11)8-9-2-4-10(13)5-3-9/h2-5,14H,6-8H2,1H3. The summed E-state index contributed by atoms with van der Waals surface area (Å²) in [6.45, 7) is 0.847. The van der Waals surface area contributed by atoms with Crippen molar-refractivity contribution >= 4 is 11.6 Å². The van der Waals surface area contributed by atoms with Gasteiger partial charge in [-0.25, -0.2) is 0 Å². The van der Waals surface area contributed by atoms with Gasteiger partial charge in [0, 0.05) is 18.0 Å². The lowest BCUT2D eigenvalue weighted by molar-refractivity contribution is 0.379. The average Bonchev–Trinajstić information content (AvgIpc) is 2.77. The summed E-state index contributed by atoms with van der Waals surface area (Å²) in [5.41, 5.74) is 1.11. The molecule has 0 spiro atoms. The van der Waals surface area contributed by atoms with Crippen molar-refractivity contribution in [1.29, 1.82) is 0 Å². The maximum atomic E-state index is 5.82. The van der Waals surface area contributed by atoms with Gasteiger partial charge in [0.2, 0.25) is 5.89 Å². The molecule has 0 saturated carbocycles. The molecule has 1 aromatic carbocycles. The number of benzene rings is 1. The summed E-state index contributed by atoms with van der Waals surface area (Å²) in [7, 11) is 1.90. The molecule has 0 amide bonds. The van der Waals surface area contributed by atoms with Gasteiger partial charge in [-0.1, -0.05) is 28.9 Å². The van der Waals surface area contributed by atoms with Crippen LogP contribution in [0.25, 0.3) is 0 Å². The van der Waals surface area contributed by atoms with Crippen LogP contribution in [0.5, 0.6) is 0 Å². The fourth-order valence-electron chi connectivity index (χ4n) is 1.48. The fourth-order valence-corrected chi connectivity index (χ4v) is 1.60. The summed E-state index contributed by atoms with van der Waals surface area (Å²) >= 11 is 5.82. The van der Waals surface area contributed by atoms with Crippen LogP contribution in [-0.4, -0.2) is 23.7 Å². The minimum absolute atomic E-state index is 0.637. The first-order valence-corrected chi connectivity index (χ1v) is 5.86. The van der Waals surface area contributed by atoms with Crippen LogP contribution in [0.2, 0.25) is 5.02 Å². The number of nitrogens with one attached hydrogen (secondary N) is 1. The molecule has 5 heteroatoms. The number of hydrogen-bond donors (Lipinski definition) is 1. The van der Waals surface area contributed by atoms with E-state index in [1.165, 1.54) is 0 Å². The molecular weight excluding hydrogens is 238 g/mol. The summed E-state index contributed by atoms with van der Waals surface area (Å²) in [6.07, 6.45) is 1.42. The van der Waals surface area contributed by atoms with Crippen molar-refractivity contribution in [3.8, 4) is 0 Å². The molecule has 0 atom stereocenters. The van der Waals surface area contributed by atoms with Gasteiger partial charge in [0.15, 0.2) is 5.82 Å². The Balaban J connectivity index is 1.98. The largest absolute Gasteiger partial charge is 0.339 e. The van der Waals surface area contributed by atoms with Crippen LogP contribution in [0.15, 0.2) is 28.8 Å². The Morgan fingerprint density at radius 3 is 2.76 bits per heavy atom. The average molecular weight is 252 g/mol. The van der Waals surface area contributed by atoms with E-state index < -0.39 is 0 Å². The molecular formula is C12H14ClN3O. The second-order valence-electron chi connectivity index (χ2n) is 3.76. The van der Waals surface area contributed by atoms with E-state index in [2.05, 4.69) is 15.5 Å². The number of rotatable bonds is 5. The van der Waals surface area contributed by atoms with Crippen molar-refractivity contribution in [2.75, 3.05) is 13.6 Å². The molecule has 0 aliphatic carbocycles. The van der Waals surface area contributed by atoms with E-state index in [0.29, 0.717) is 12.3 Å². The third kappa shape index (κ3) is 3.54. The Labute approximate surface area is 105 Å². The van der Waals surface area contributed by atoms with Crippen LogP contribution in [0.3, 0.4) is 0 Å². The summed E-state index contributed by atoms with van der Waals surface area (Å²) in [6, 6.07) is 7.63. The Kier molecular flexibility index (Phi) is 4.12. The molecule has 0 aliphatic heterocycles. The first-order chi connectivity index (χ1) is 8.28. The number of nitrogens with zero attached hydrogens (tertiary/aromatic N) is 2. The van der Waals surface area contributed by atoms with Crippen molar-refractivity contribution in [2.45, 2.75) is 12.8 Å². The molecule has 1 heterocycles. The van der Waals surface area contributed by atoms with Gasteiger partial charge in [0.1, 0.15) is 0 Å². The second-order valence-corrected chi connectivity index (χ2v) is 4.20. The van der Waals surface area contributed by atoms with Crippen molar-refractivity contribution in [3.63, 3.8) is 0 Å². The molecule has 0 fully saturated rings. The summed E-state index contributed by atoms with van der Waals surface area (Å²) in [4.78, 5) is 4.31. The molecule has 0 unspecified atom stereocenters. The molecule has 0 radical (unpaired) electrons. The number of halogens is 1. The number of likely N-dealkylation sites (N-methyl/N-ethyl adjacent to an activating group) is 1. The Morgan fingerprint density at radius 2 is 2.06 bits per heavy atom. The van der Waals surface area contributed by atoms with E-state index in [-0.39, 0.29) is 0 Å². The van der Waals surface area contributed by atoms with Crippen LogP contribution >= 0.6 is 11.6 Å². The molecule has 4 nitrogen and oxygen atoms in total. The zero-order valence-corrected chi connectivity index (χ0v) is 10.4. The van der Waals surface area contributed by atoms with E-state index in [1.54, 1.807) is 0 Å². The highest BCUT2D eigenvalue weighted by Gasteiger charge is 2.06. The van der Waals surface area contributed by atoms with Gasteiger partial charge in [0.05, 0.1) is 6.42 Å². The van der Waals surface area contributed by atoms with Crippen LogP contribution in [0.4, 0.5) is 0 Å². The van der Waals surface area contributed by atoms with Gasteiger partial charge in [-0.2, -0.15) is 4.98 Å². The Morgan fingerprint density at radius 1 is 1.29 bits per heavy atom. The van der Waals surface area contributed by atoms with Gasteiger partial charge in [0.25, 0.3) is 0 Å². The number of aromatic nitrogens is 2. The van der Waals surface area contributed by atoms with Gasteiger partial charge < -0.3 is 9.84 Å². The predicted molar refractivity (Wildman–Crippen MR) is 66.2 cm³/mol. The van der Waals surface area contributed by atoms with Crippen molar-refractivity contribution < 1.29 is 4.52 Å². The lowest BCUT2D eigenvalue weighted by Gasteiger charge is -1.96. The molecule has 1 aromatic heterocycles. The van der Waals surface area contributed by atoms with E-state index >= 15 is 0 Å². The molecule has 0 saturated heterocycles. The Bertz CT molecular complexity index is 467. The third-order valence-corrected chi connectivity index (χ3v) is 2.63. The fraction of sp³-hybridized carbons (Fsp3) is 0.333. The van der Waals surface area contributed by atoms with E-state index in [0.717, 1.165) is 29.4 Å². The highest BCUT2D eigenvalue weighted by molar-refractivity contribution is 6.30. The zero-order valence-electron chi connectivity index (χ0n) is 9.61. The Hall–Kier alpha value is -1.39. The van der Waals surface area contributed by atoms with Crippen molar-refractivity contribution in [3.05, 3.63) is 46.6 Å². The lowest BCUT2D eigenvalue weighted by atomic mass is 10.1. The van der Waals surface area contributed by atoms with Gasteiger partial charge in [-0.15, -0.1) is 0 Å². The van der Waals surface area contributed by atoms with Gasteiger partial charge in [-0.05, 0) is 24.7 Å². The molecule has 0 aliphatic rings. The minimum Gasteiger partial charge on any atom is -0.339 e. The molecule has 17 heavy (non-hydrogen) atoms. The molecule has 0 bridgehead atoms. The van der Waals surface area contributed by atoms with Crippen LogP contribution in [-0.2, 0) is 12.8 Å². The molecule has 1 N–H and O–H groups in total. The SMILES string of the molecule is CNCCc1noc(Cc2ccc(Cl)cc2)n1. The highest BCUT2D eigenvalue weighted by atomic mass is 35.5. The monoisotopic (exact) mass is 251 g/mol. The predicted octanol–water partition coefficient (Wildman–Crippen LogP) is 2.08. The summed E-state index contributed by atoms with van der Waals surface area (Å²) in [5, 5.41) is 7.69. The van der Waals surface area contributed by atoms with Crippen molar-refractivity contribution in [1.82, 2.24) is 15.5 Å². The first-order valence-electron chi connectivity index (χ1n) is 5.48. The maximum Gasteiger partial charge on any atom is 0.231 e. The topological polar surface area (TPSA) is 51.0 Å². The van der Waals surface area contributed by atoms with Gasteiger partial charge >= 0.3 is 0 Å². The van der Waals surface area contributed by atoms with Crippen molar-refractivity contribution in [2.24, 2.45) is 0 Å². The highest BCUT2D eigenvalue weighted by Crippen LogP contribution is 2.12. The molecule has 2 rings (SSSR count).